The van der Waals surface area contributed by atoms with E-state index in [1.807, 2.05) is 13.8 Å². The minimum Gasteiger partial charge on any atom is -0.444 e. The largest absolute Gasteiger partial charge is 0.444 e. The van der Waals surface area contributed by atoms with Gasteiger partial charge in [0.2, 0.25) is 5.89 Å². The van der Waals surface area contributed by atoms with Crippen molar-refractivity contribution >= 4 is 0 Å². The van der Waals surface area contributed by atoms with E-state index in [1.165, 1.54) is 0 Å². The summed E-state index contributed by atoms with van der Waals surface area (Å²) in [6.45, 7) is 5.22. The maximum absolute atomic E-state index is 12.5. The molecule has 22 heavy (non-hydrogen) atoms. The van der Waals surface area contributed by atoms with Crippen molar-refractivity contribution in [2.75, 3.05) is 6.54 Å². The molecule has 0 saturated heterocycles. The Morgan fingerprint density at radius 3 is 2.73 bits per heavy atom. The van der Waals surface area contributed by atoms with Crippen LogP contribution in [-0.4, -0.2) is 37.4 Å². The van der Waals surface area contributed by atoms with Crippen molar-refractivity contribution in [3.05, 3.63) is 29.5 Å². The van der Waals surface area contributed by atoms with Crippen LogP contribution in [-0.2, 0) is 19.5 Å². The molecule has 3 rings (SSSR count). The van der Waals surface area contributed by atoms with E-state index in [2.05, 4.69) is 20.1 Å². The topological polar surface area (TPSA) is 60.0 Å². The molecule has 2 aromatic rings. The lowest BCUT2D eigenvalue weighted by atomic mass is 10.2. The van der Waals surface area contributed by atoms with Crippen LogP contribution in [0.4, 0.5) is 13.2 Å². The third-order valence-corrected chi connectivity index (χ3v) is 3.76. The highest BCUT2D eigenvalue weighted by atomic mass is 19.4. The van der Waals surface area contributed by atoms with Crippen LogP contribution in [0.25, 0.3) is 0 Å². The van der Waals surface area contributed by atoms with Gasteiger partial charge in [-0.2, -0.15) is 13.2 Å². The zero-order valence-corrected chi connectivity index (χ0v) is 12.3. The van der Waals surface area contributed by atoms with Gasteiger partial charge in [-0.1, -0.05) is 0 Å². The Hall–Kier alpha value is -1.90. The molecule has 1 atom stereocenters. The zero-order valence-electron chi connectivity index (χ0n) is 12.3. The van der Waals surface area contributed by atoms with Crippen molar-refractivity contribution in [1.82, 2.24) is 24.6 Å². The number of halogens is 3. The van der Waals surface area contributed by atoms with Gasteiger partial charge in [-0.25, -0.2) is 4.98 Å². The number of rotatable bonds is 3. The molecule has 6 nitrogen and oxygen atoms in total. The average Bonchev–Trinajstić information content (AvgIpc) is 3.03. The van der Waals surface area contributed by atoms with Gasteiger partial charge in [0.05, 0.1) is 18.8 Å². The Kier molecular flexibility index (Phi) is 3.67. The first-order chi connectivity index (χ1) is 10.3. The molecule has 9 heteroatoms. The third kappa shape index (κ3) is 2.99. The molecule has 0 aromatic carbocycles. The standard InChI is InChI=1S/C13H16F3N5O/c1-8-6-17-12(22-8)9(2)20-3-4-21-10(5-13(14,15)16)18-19-11(21)7-20/h6,9H,3-5,7H2,1-2H3. The summed E-state index contributed by atoms with van der Waals surface area (Å²) in [6, 6.07) is -0.0646. The second-order valence-corrected chi connectivity index (χ2v) is 5.43. The molecule has 120 valence electrons. The van der Waals surface area contributed by atoms with Crippen LogP contribution in [0, 0.1) is 6.92 Å². The van der Waals surface area contributed by atoms with Gasteiger partial charge in [0.1, 0.15) is 23.8 Å². The fraction of sp³-hybridized carbons (Fsp3) is 0.615. The van der Waals surface area contributed by atoms with Crippen LogP contribution in [0.3, 0.4) is 0 Å². The van der Waals surface area contributed by atoms with Gasteiger partial charge in [-0.3, -0.25) is 4.90 Å². The van der Waals surface area contributed by atoms with Crippen LogP contribution in [0.5, 0.6) is 0 Å². The third-order valence-electron chi connectivity index (χ3n) is 3.76. The summed E-state index contributed by atoms with van der Waals surface area (Å²) in [6.07, 6.45) is -3.67. The summed E-state index contributed by atoms with van der Waals surface area (Å²) in [5, 5.41) is 7.57. The molecule has 0 bridgehead atoms. The number of fused-ring (bicyclic) bond motifs is 1. The Labute approximate surface area is 124 Å². The smallest absolute Gasteiger partial charge is 0.396 e. The Morgan fingerprint density at radius 2 is 2.09 bits per heavy atom. The first-order valence-electron chi connectivity index (χ1n) is 6.97. The predicted molar refractivity (Wildman–Crippen MR) is 69.8 cm³/mol. The number of alkyl halides is 3. The molecule has 0 saturated carbocycles. The summed E-state index contributed by atoms with van der Waals surface area (Å²) < 4.78 is 44.6. The van der Waals surface area contributed by atoms with Gasteiger partial charge in [0.15, 0.2) is 0 Å². The predicted octanol–water partition coefficient (Wildman–Crippen LogP) is 2.26. The Balaban J connectivity index is 1.75. The average molecular weight is 315 g/mol. The van der Waals surface area contributed by atoms with Crippen LogP contribution >= 0.6 is 0 Å². The molecule has 2 aromatic heterocycles. The van der Waals surface area contributed by atoms with Crippen LogP contribution in [0.15, 0.2) is 10.6 Å². The second-order valence-electron chi connectivity index (χ2n) is 5.43. The van der Waals surface area contributed by atoms with Gasteiger partial charge >= 0.3 is 6.18 Å². The highest BCUT2D eigenvalue weighted by Crippen LogP contribution is 2.26. The maximum atomic E-state index is 12.5. The molecule has 0 spiro atoms. The lowest BCUT2D eigenvalue weighted by Crippen LogP contribution is -2.36. The first-order valence-corrected chi connectivity index (χ1v) is 6.97. The molecule has 0 aliphatic carbocycles. The van der Waals surface area contributed by atoms with Gasteiger partial charge in [-0.15, -0.1) is 10.2 Å². The summed E-state index contributed by atoms with van der Waals surface area (Å²) >= 11 is 0. The molecule has 1 aliphatic heterocycles. The molecular weight excluding hydrogens is 299 g/mol. The van der Waals surface area contributed by atoms with E-state index in [-0.39, 0.29) is 11.9 Å². The number of nitrogens with zero attached hydrogens (tertiary/aromatic N) is 5. The zero-order chi connectivity index (χ0) is 15.9. The Bertz CT molecular complexity index is 663. The molecule has 0 fully saturated rings. The lowest BCUT2D eigenvalue weighted by Gasteiger charge is -2.31. The number of aryl methyl sites for hydroxylation is 1. The van der Waals surface area contributed by atoms with E-state index in [9.17, 15) is 13.2 Å². The molecule has 0 N–H and O–H groups in total. The second kappa shape index (κ2) is 5.38. The van der Waals surface area contributed by atoms with Crippen LogP contribution in [0.2, 0.25) is 0 Å². The fourth-order valence-electron chi connectivity index (χ4n) is 2.60. The minimum absolute atomic E-state index is 0.0261. The fourth-order valence-corrected chi connectivity index (χ4v) is 2.60. The SMILES string of the molecule is Cc1cnc(C(C)N2CCn3c(nnc3CC(F)(F)F)C2)o1. The lowest BCUT2D eigenvalue weighted by molar-refractivity contribution is -0.129. The summed E-state index contributed by atoms with van der Waals surface area (Å²) in [5.74, 6) is 1.85. The summed E-state index contributed by atoms with van der Waals surface area (Å²) in [4.78, 5) is 6.26. The summed E-state index contributed by atoms with van der Waals surface area (Å²) in [7, 11) is 0. The highest BCUT2D eigenvalue weighted by molar-refractivity contribution is 5.03. The molecule has 0 radical (unpaired) electrons. The van der Waals surface area contributed by atoms with Gasteiger partial charge in [-0.05, 0) is 13.8 Å². The van der Waals surface area contributed by atoms with E-state index in [4.69, 9.17) is 4.42 Å². The monoisotopic (exact) mass is 315 g/mol. The Morgan fingerprint density at radius 1 is 1.32 bits per heavy atom. The quantitative estimate of drug-likeness (QED) is 0.869. The molecule has 3 heterocycles. The van der Waals surface area contributed by atoms with Gasteiger partial charge < -0.3 is 8.98 Å². The summed E-state index contributed by atoms with van der Waals surface area (Å²) in [5.41, 5.74) is 0. The molecule has 0 amide bonds. The minimum atomic E-state index is -4.27. The van der Waals surface area contributed by atoms with Gasteiger partial charge in [0, 0.05) is 13.1 Å². The first kappa shape index (κ1) is 15.0. The van der Waals surface area contributed by atoms with Crippen molar-refractivity contribution in [2.24, 2.45) is 0 Å². The maximum Gasteiger partial charge on any atom is 0.396 e. The number of hydrogen-bond acceptors (Lipinski definition) is 5. The van der Waals surface area contributed by atoms with Gasteiger partial charge in [0.25, 0.3) is 0 Å². The normalized spacial score (nSPS) is 17.5. The van der Waals surface area contributed by atoms with E-state index >= 15 is 0 Å². The van der Waals surface area contributed by atoms with E-state index in [0.717, 1.165) is 5.76 Å². The molecule has 1 aliphatic rings. The number of aromatic nitrogens is 4. The molecule has 1 unspecified atom stereocenters. The van der Waals surface area contributed by atoms with E-state index < -0.39 is 12.6 Å². The highest BCUT2D eigenvalue weighted by Gasteiger charge is 2.33. The van der Waals surface area contributed by atoms with Crippen LogP contribution in [0.1, 0.15) is 36.3 Å². The van der Waals surface area contributed by atoms with Crippen molar-refractivity contribution in [3.8, 4) is 0 Å². The van der Waals surface area contributed by atoms with E-state index in [1.54, 1.807) is 10.8 Å². The van der Waals surface area contributed by atoms with Crippen molar-refractivity contribution < 1.29 is 17.6 Å². The molecular formula is C13H16F3N5O. The van der Waals surface area contributed by atoms with Crippen molar-refractivity contribution in [3.63, 3.8) is 0 Å². The van der Waals surface area contributed by atoms with Crippen molar-refractivity contribution in [1.29, 1.82) is 0 Å². The number of oxazole rings is 1. The van der Waals surface area contributed by atoms with Crippen LogP contribution < -0.4 is 0 Å². The van der Waals surface area contributed by atoms with E-state index in [0.29, 0.717) is 31.3 Å². The number of hydrogen-bond donors (Lipinski definition) is 0. The van der Waals surface area contributed by atoms with Crippen molar-refractivity contribution in [2.45, 2.75) is 45.6 Å².